The summed E-state index contributed by atoms with van der Waals surface area (Å²) in [6.07, 6.45) is 2.42. The molecule has 7 heteroatoms. The van der Waals surface area contributed by atoms with Crippen LogP contribution in [-0.2, 0) is 0 Å². The number of aromatic nitrogens is 3. The van der Waals surface area contributed by atoms with E-state index in [0.29, 0.717) is 11.9 Å². The molecule has 0 aromatic carbocycles. The molecule has 1 saturated heterocycles. The van der Waals surface area contributed by atoms with E-state index < -0.39 is 0 Å². The summed E-state index contributed by atoms with van der Waals surface area (Å²) >= 11 is 0. The number of hydrogen-bond acceptors (Lipinski definition) is 7. The Bertz CT molecular complexity index is 399. The Morgan fingerprint density at radius 1 is 1.10 bits per heavy atom. The first-order chi connectivity index (χ1) is 9.75. The second-order valence-electron chi connectivity index (χ2n) is 4.89. The molecular weight excluding hydrogens is 258 g/mol. The quantitative estimate of drug-likeness (QED) is 0.835. The summed E-state index contributed by atoms with van der Waals surface area (Å²) in [5, 5.41) is 3.26. The number of hydrogen-bond donors (Lipinski definition) is 1. The van der Waals surface area contributed by atoms with Crippen LogP contribution in [0.4, 0.5) is 5.95 Å². The second-order valence-corrected chi connectivity index (χ2v) is 4.89. The van der Waals surface area contributed by atoms with Gasteiger partial charge in [-0.1, -0.05) is 6.92 Å². The largest absolute Gasteiger partial charge is 0.467 e. The molecule has 7 nitrogen and oxygen atoms in total. The van der Waals surface area contributed by atoms with E-state index in [1.807, 2.05) is 0 Å². The molecule has 1 aliphatic heterocycles. The van der Waals surface area contributed by atoms with E-state index in [1.54, 1.807) is 0 Å². The number of piperidine rings is 1. The highest BCUT2D eigenvalue weighted by Gasteiger charge is 2.18. The fourth-order valence-electron chi connectivity index (χ4n) is 2.34. The van der Waals surface area contributed by atoms with Crippen LogP contribution >= 0.6 is 0 Å². The standard InChI is InChI=1S/C13H23N5O2/c1-4-18-7-5-10(6-8-18)9-14-11-15-12(19-2)17-13(16-11)20-3/h10H,4-9H2,1-3H3,(H,14,15,16,17). The summed E-state index contributed by atoms with van der Waals surface area (Å²) in [4.78, 5) is 14.8. The average molecular weight is 281 g/mol. The van der Waals surface area contributed by atoms with Gasteiger partial charge in [0.25, 0.3) is 0 Å². The van der Waals surface area contributed by atoms with Crippen molar-refractivity contribution in [3.8, 4) is 12.0 Å². The molecule has 0 spiro atoms. The summed E-state index contributed by atoms with van der Waals surface area (Å²) in [6.45, 7) is 6.57. The number of nitrogens with one attached hydrogen (secondary N) is 1. The van der Waals surface area contributed by atoms with Crippen molar-refractivity contribution in [1.82, 2.24) is 19.9 Å². The van der Waals surface area contributed by atoms with Gasteiger partial charge in [0, 0.05) is 6.54 Å². The van der Waals surface area contributed by atoms with Crippen LogP contribution in [0.3, 0.4) is 0 Å². The molecule has 1 aromatic rings. The lowest BCUT2D eigenvalue weighted by Gasteiger charge is -2.31. The smallest absolute Gasteiger partial charge is 0.324 e. The van der Waals surface area contributed by atoms with Crippen LogP contribution in [0.1, 0.15) is 19.8 Å². The Morgan fingerprint density at radius 2 is 1.70 bits per heavy atom. The fraction of sp³-hybridized carbons (Fsp3) is 0.769. The van der Waals surface area contributed by atoms with Crippen LogP contribution in [0.2, 0.25) is 0 Å². The predicted molar refractivity (Wildman–Crippen MR) is 76.3 cm³/mol. The first-order valence-corrected chi connectivity index (χ1v) is 7.05. The van der Waals surface area contributed by atoms with E-state index in [4.69, 9.17) is 9.47 Å². The van der Waals surface area contributed by atoms with Crippen molar-refractivity contribution in [1.29, 1.82) is 0 Å². The van der Waals surface area contributed by atoms with Gasteiger partial charge in [-0.2, -0.15) is 9.97 Å². The Labute approximate surface area is 119 Å². The van der Waals surface area contributed by atoms with Crippen LogP contribution < -0.4 is 14.8 Å². The third kappa shape index (κ3) is 3.93. The normalized spacial score (nSPS) is 16.9. The summed E-state index contributed by atoms with van der Waals surface area (Å²) in [5.74, 6) is 1.16. The van der Waals surface area contributed by atoms with Gasteiger partial charge in [-0.05, 0) is 38.4 Å². The van der Waals surface area contributed by atoms with Crippen LogP contribution in [0.5, 0.6) is 12.0 Å². The van der Waals surface area contributed by atoms with Gasteiger partial charge < -0.3 is 19.7 Å². The van der Waals surface area contributed by atoms with Crippen LogP contribution in [0.15, 0.2) is 0 Å². The molecule has 0 saturated carbocycles. The molecule has 2 heterocycles. The maximum Gasteiger partial charge on any atom is 0.324 e. The lowest BCUT2D eigenvalue weighted by Crippen LogP contribution is -2.35. The van der Waals surface area contributed by atoms with Gasteiger partial charge in [0.15, 0.2) is 0 Å². The first kappa shape index (κ1) is 14.8. The molecule has 0 radical (unpaired) electrons. The van der Waals surface area contributed by atoms with E-state index in [0.717, 1.165) is 13.1 Å². The number of ether oxygens (including phenoxy) is 2. The lowest BCUT2D eigenvalue weighted by molar-refractivity contribution is 0.198. The van der Waals surface area contributed by atoms with Gasteiger partial charge in [-0.25, -0.2) is 0 Å². The van der Waals surface area contributed by atoms with Gasteiger partial charge in [0.1, 0.15) is 0 Å². The monoisotopic (exact) mass is 281 g/mol. The molecule has 1 aromatic heterocycles. The summed E-state index contributed by atoms with van der Waals surface area (Å²) in [5.41, 5.74) is 0. The number of nitrogens with zero attached hydrogens (tertiary/aromatic N) is 4. The SMILES string of the molecule is CCN1CCC(CNc2nc(OC)nc(OC)n2)CC1. The summed E-state index contributed by atoms with van der Waals surface area (Å²) < 4.78 is 10.1. The molecule has 1 fully saturated rings. The molecule has 0 aliphatic carbocycles. The zero-order chi connectivity index (χ0) is 14.4. The number of methoxy groups -OCH3 is 2. The summed E-state index contributed by atoms with van der Waals surface area (Å²) in [7, 11) is 3.05. The third-order valence-electron chi connectivity index (χ3n) is 3.66. The van der Waals surface area contributed by atoms with Gasteiger partial charge in [-0.15, -0.1) is 4.98 Å². The van der Waals surface area contributed by atoms with Crippen molar-refractivity contribution >= 4 is 5.95 Å². The molecule has 0 unspecified atom stereocenters. The number of anilines is 1. The lowest BCUT2D eigenvalue weighted by atomic mass is 9.97. The fourth-order valence-corrected chi connectivity index (χ4v) is 2.34. The van der Waals surface area contributed by atoms with Crippen molar-refractivity contribution < 1.29 is 9.47 Å². The first-order valence-electron chi connectivity index (χ1n) is 7.05. The Kier molecular flexibility index (Phi) is 5.34. The zero-order valence-corrected chi connectivity index (χ0v) is 12.4. The van der Waals surface area contributed by atoms with Crippen molar-refractivity contribution in [3.05, 3.63) is 0 Å². The third-order valence-corrected chi connectivity index (χ3v) is 3.66. The van der Waals surface area contributed by atoms with Gasteiger partial charge in [0.2, 0.25) is 5.95 Å². The topological polar surface area (TPSA) is 72.4 Å². The molecule has 0 amide bonds. The highest BCUT2D eigenvalue weighted by atomic mass is 16.5. The maximum absolute atomic E-state index is 5.03. The van der Waals surface area contributed by atoms with Crippen LogP contribution in [0.25, 0.3) is 0 Å². The second kappa shape index (κ2) is 7.23. The van der Waals surface area contributed by atoms with Crippen molar-refractivity contribution in [2.45, 2.75) is 19.8 Å². The van der Waals surface area contributed by atoms with Crippen molar-refractivity contribution in [2.24, 2.45) is 5.92 Å². The van der Waals surface area contributed by atoms with Crippen LogP contribution in [0, 0.1) is 5.92 Å². The molecular formula is C13H23N5O2. The number of likely N-dealkylation sites (tertiary alicyclic amines) is 1. The Hall–Kier alpha value is -1.63. The minimum absolute atomic E-state index is 0.264. The zero-order valence-electron chi connectivity index (χ0n) is 12.4. The van der Waals surface area contributed by atoms with E-state index in [1.165, 1.54) is 40.2 Å². The predicted octanol–water partition coefficient (Wildman–Crippen LogP) is 1.03. The minimum atomic E-state index is 0.264. The highest BCUT2D eigenvalue weighted by molar-refractivity contribution is 5.27. The van der Waals surface area contributed by atoms with E-state index in [-0.39, 0.29) is 12.0 Å². The van der Waals surface area contributed by atoms with E-state index in [2.05, 4.69) is 32.1 Å². The van der Waals surface area contributed by atoms with Crippen molar-refractivity contribution in [3.63, 3.8) is 0 Å². The minimum Gasteiger partial charge on any atom is -0.467 e. The van der Waals surface area contributed by atoms with Gasteiger partial charge in [-0.3, -0.25) is 0 Å². The maximum atomic E-state index is 5.03. The molecule has 0 bridgehead atoms. The molecule has 2 rings (SSSR count). The molecule has 1 N–H and O–H groups in total. The van der Waals surface area contributed by atoms with E-state index in [9.17, 15) is 0 Å². The van der Waals surface area contributed by atoms with Crippen LogP contribution in [-0.4, -0.2) is 60.3 Å². The Morgan fingerprint density at radius 3 is 2.20 bits per heavy atom. The number of rotatable bonds is 6. The highest BCUT2D eigenvalue weighted by Crippen LogP contribution is 2.18. The van der Waals surface area contributed by atoms with Gasteiger partial charge >= 0.3 is 12.0 Å². The molecule has 112 valence electrons. The molecule has 0 atom stereocenters. The van der Waals surface area contributed by atoms with Crippen molar-refractivity contribution in [2.75, 3.05) is 45.7 Å². The summed E-state index contributed by atoms with van der Waals surface area (Å²) in [6, 6.07) is 0.528. The average Bonchev–Trinajstić information content (AvgIpc) is 2.53. The van der Waals surface area contributed by atoms with E-state index >= 15 is 0 Å². The molecule has 1 aliphatic rings. The van der Waals surface area contributed by atoms with Gasteiger partial charge in [0.05, 0.1) is 14.2 Å². The molecule has 20 heavy (non-hydrogen) atoms. The Balaban J connectivity index is 1.87.